The molecule has 1 aromatic rings. The van der Waals surface area contributed by atoms with Crippen molar-refractivity contribution in [3.63, 3.8) is 0 Å². The molecule has 19 heavy (non-hydrogen) atoms. The van der Waals surface area contributed by atoms with Gasteiger partial charge in [0.1, 0.15) is 0 Å². The highest BCUT2D eigenvalue weighted by Crippen LogP contribution is 2.27. The van der Waals surface area contributed by atoms with Crippen molar-refractivity contribution < 1.29 is 0 Å². The van der Waals surface area contributed by atoms with Gasteiger partial charge in [0.2, 0.25) is 0 Å². The van der Waals surface area contributed by atoms with Gasteiger partial charge in [-0.05, 0) is 43.4 Å². The van der Waals surface area contributed by atoms with E-state index < -0.39 is 0 Å². The average Bonchev–Trinajstić information content (AvgIpc) is 3.18. The van der Waals surface area contributed by atoms with Crippen LogP contribution in [0.2, 0.25) is 10.0 Å². The number of hydrogen-bond donors (Lipinski definition) is 2. The van der Waals surface area contributed by atoms with Crippen LogP contribution in [0.25, 0.3) is 0 Å². The summed E-state index contributed by atoms with van der Waals surface area (Å²) in [6.07, 6.45) is 2.66. The highest BCUT2D eigenvalue weighted by Gasteiger charge is 2.21. The summed E-state index contributed by atoms with van der Waals surface area (Å²) in [7, 11) is 0. The Labute approximate surface area is 124 Å². The standard InChI is InChI=1S/C14H19Cl2N3/c1-2-17-14(18-8-10-3-4-10)19-9-11-5-6-12(15)7-13(11)16/h5-7,10H,2-4,8-9H2,1H3,(H2,17,18,19). The minimum absolute atomic E-state index is 0.552. The van der Waals surface area contributed by atoms with E-state index in [1.807, 2.05) is 12.1 Å². The van der Waals surface area contributed by atoms with Crippen molar-refractivity contribution in [2.24, 2.45) is 10.9 Å². The van der Waals surface area contributed by atoms with E-state index in [-0.39, 0.29) is 0 Å². The molecule has 2 rings (SSSR count). The van der Waals surface area contributed by atoms with Gasteiger partial charge in [0.25, 0.3) is 0 Å². The van der Waals surface area contributed by atoms with Gasteiger partial charge >= 0.3 is 0 Å². The predicted molar refractivity (Wildman–Crippen MR) is 82.0 cm³/mol. The molecule has 104 valence electrons. The van der Waals surface area contributed by atoms with Crippen LogP contribution in [-0.2, 0) is 6.54 Å². The van der Waals surface area contributed by atoms with Crippen LogP contribution in [-0.4, -0.2) is 19.0 Å². The molecule has 1 saturated carbocycles. The Kier molecular flexibility index (Phi) is 5.34. The number of aliphatic imine (C=N–C) groups is 1. The van der Waals surface area contributed by atoms with E-state index in [9.17, 15) is 0 Å². The molecule has 0 amide bonds. The fourth-order valence-corrected chi connectivity index (χ4v) is 2.19. The maximum absolute atomic E-state index is 6.13. The van der Waals surface area contributed by atoms with Crippen LogP contribution in [0.4, 0.5) is 0 Å². The molecule has 0 radical (unpaired) electrons. The first kappa shape index (κ1) is 14.5. The SMILES string of the molecule is CCNC(=NCc1ccc(Cl)cc1Cl)NCC1CC1. The van der Waals surface area contributed by atoms with Gasteiger partial charge in [-0.15, -0.1) is 0 Å². The lowest BCUT2D eigenvalue weighted by Gasteiger charge is -2.11. The molecule has 0 bridgehead atoms. The average molecular weight is 300 g/mol. The van der Waals surface area contributed by atoms with E-state index >= 15 is 0 Å². The zero-order valence-electron chi connectivity index (χ0n) is 11.0. The first-order valence-corrected chi connectivity index (χ1v) is 7.40. The third-order valence-corrected chi connectivity index (χ3v) is 3.61. The lowest BCUT2D eigenvalue weighted by Crippen LogP contribution is -2.38. The van der Waals surface area contributed by atoms with Crippen molar-refractivity contribution in [3.05, 3.63) is 33.8 Å². The lowest BCUT2D eigenvalue weighted by molar-refractivity contribution is 0.739. The van der Waals surface area contributed by atoms with Gasteiger partial charge < -0.3 is 10.6 Å². The van der Waals surface area contributed by atoms with Crippen LogP contribution in [0.15, 0.2) is 23.2 Å². The molecule has 1 fully saturated rings. The molecule has 1 aliphatic carbocycles. The zero-order valence-corrected chi connectivity index (χ0v) is 12.6. The number of hydrogen-bond acceptors (Lipinski definition) is 1. The second-order valence-electron chi connectivity index (χ2n) is 4.76. The molecule has 0 aliphatic heterocycles. The molecule has 3 nitrogen and oxygen atoms in total. The minimum Gasteiger partial charge on any atom is -0.357 e. The second-order valence-corrected chi connectivity index (χ2v) is 5.60. The zero-order chi connectivity index (χ0) is 13.7. The van der Waals surface area contributed by atoms with E-state index in [1.54, 1.807) is 6.07 Å². The van der Waals surface area contributed by atoms with E-state index in [4.69, 9.17) is 23.2 Å². The Morgan fingerprint density at radius 1 is 1.32 bits per heavy atom. The Morgan fingerprint density at radius 2 is 2.11 bits per heavy atom. The summed E-state index contributed by atoms with van der Waals surface area (Å²) in [6, 6.07) is 5.50. The van der Waals surface area contributed by atoms with Crippen LogP contribution in [0, 0.1) is 5.92 Å². The largest absolute Gasteiger partial charge is 0.357 e. The fraction of sp³-hybridized carbons (Fsp3) is 0.500. The summed E-state index contributed by atoms with van der Waals surface area (Å²) in [5.41, 5.74) is 0.981. The number of nitrogens with zero attached hydrogens (tertiary/aromatic N) is 1. The number of rotatable bonds is 5. The van der Waals surface area contributed by atoms with E-state index in [0.717, 1.165) is 30.5 Å². The summed E-state index contributed by atoms with van der Waals surface area (Å²) in [5, 5.41) is 7.90. The molecule has 5 heteroatoms. The fourth-order valence-electron chi connectivity index (χ4n) is 1.72. The predicted octanol–water partition coefficient (Wildman–Crippen LogP) is 3.46. The summed E-state index contributed by atoms with van der Waals surface area (Å²) in [4.78, 5) is 4.54. The van der Waals surface area contributed by atoms with Crippen molar-refractivity contribution in [1.29, 1.82) is 0 Å². The van der Waals surface area contributed by atoms with E-state index in [0.29, 0.717) is 16.6 Å². The highest BCUT2D eigenvalue weighted by molar-refractivity contribution is 6.35. The van der Waals surface area contributed by atoms with Gasteiger partial charge in [0, 0.05) is 23.1 Å². The van der Waals surface area contributed by atoms with Gasteiger partial charge in [0.15, 0.2) is 5.96 Å². The van der Waals surface area contributed by atoms with E-state index in [1.165, 1.54) is 12.8 Å². The highest BCUT2D eigenvalue weighted by atomic mass is 35.5. The molecule has 1 aromatic carbocycles. The van der Waals surface area contributed by atoms with Gasteiger partial charge in [-0.2, -0.15) is 0 Å². The van der Waals surface area contributed by atoms with Crippen LogP contribution in [0.3, 0.4) is 0 Å². The Balaban J connectivity index is 1.95. The monoisotopic (exact) mass is 299 g/mol. The van der Waals surface area contributed by atoms with Crippen molar-refractivity contribution in [2.75, 3.05) is 13.1 Å². The topological polar surface area (TPSA) is 36.4 Å². The molecule has 0 atom stereocenters. The smallest absolute Gasteiger partial charge is 0.191 e. The normalized spacial score (nSPS) is 15.4. The maximum Gasteiger partial charge on any atom is 0.191 e. The third-order valence-electron chi connectivity index (χ3n) is 3.02. The molecule has 1 aliphatic rings. The molecule has 0 unspecified atom stereocenters. The summed E-state index contributed by atoms with van der Waals surface area (Å²) >= 11 is 12.0. The summed E-state index contributed by atoms with van der Waals surface area (Å²) in [6.45, 7) is 4.46. The Morgan fingerprint density at radius 3 is 2.74 bits per heavy atom. The quantitative estimate of drug-likeness (QED) is 0.645. The van der Waals surface area contributed by atoms with Gasteiger partial charge in [-0.3, -0.25) is 0 Å². The van der Waals surface area contributed by atoms with Crippen LogP contribution in [0.1, 0.15) is 25.3 Å². The lowest BCUT2D eigenvalue weighted by atomic mass is 10.2. The van der Waals surface area contributed by atoms with Crippen LogP contribution < -0.4 is 10.6 Å². The van der Waals surface area contributed by atoms with Crippen molar-refractivity contribution in [3.8, 4) is 0 Å². The van der Waals surface area contributed by atoms with Crippen molar-refractivity contribution in [1.82, 2.24) is 10.6 Å². The summed E-state index contributed by atoms with van der Waals surface area (Å²) < 4.78 is 0. The van der Waals surface area contributed by atoms with Crippen molar-refractivity contribution >= 4 is 29.2 Å². The number of halogens is 2. The second kappa shape index (κ2) is 7.01. The molecular formula is C14H19Cl2N3. The molecule has 2 N–H and O–H groups in total. The van der Waals surface area contributed by atoms with Crippen LogP contribution in [0.5, 0.6) is 0 Å². The number of guanidine groups is 1. The minimum atomic E-state index is 0.552. The molecule has 0 saturated heterocycles. The molecule has 0 heterocycles. The molecular weight excluding hydrogens is 281 g/mol. The Bertz CT molecular complexity index is 456. The third kappa shape index (κ3) is 4.92. The van der Waals surface area contributed by atoms with Gasteiger partial charge in [-0.25, -0.2) is 4.99 Å². The van der Waals surface area contributed by atoms with Crippen molar-refractivity contribution in [2.45, 2.75) is 26.3 Å². The van der Waals surface area contributed by atoms with Gasteiger partial charge in [-0.1, -0.05) is 29.3 Å². The van der Waals surface area contributed by atoms with Gasteiger partial charge in [0.05, 0.1) is 6.54 Å². The molecule has 0 aromatic heterocycles. The number of nitrogens with one attached hydrogen (secondary N) is 2. The summed E-state index contributed by atoms with van der Waals surface area (Å²) in [5.74, 6) is 1.67. The maximum atomic E-state index is 6.13. The van der Waals surface area contributed by atoms with Crippen LogP contribution >= 0.6 is 23.2 Å². The first-order chi connectivity index (χ1) is 9.19. The Hall–Kier alpha value is -0.930. The molecule has 0 spiro atoms. The number of benzene rings is 1. The first-order valence-electron chi connectivity index (χ1n) is 6.65. The van der Waals surface area contributed by atoms with E-state index in [2.05, 4.69) is 22.5 Å².